The molecular formula is C18H31NO2. The minimum atomic E-state index is 0.625. The zero-order valence-corrected chi connectivity index (χ0v) is 13.9. The Hall–Kier alpha value is -1.06. The van der Waals surface area contributed by atoms with Crippen LogP contribution in [0.5, 0.6) is 5.75 Å². The average molecular weight is 293 g/mol. The van der Waals surface area contributed by atoms with E-state index in [9.17, 15) is 0 Å². The Kier molecular flexibility index (Phi) is 9.92. The third-order valence-corrected chi connectivity index (χ3v) is 3.68. The van der Waals surface area contributed by atoms with Crippen LogP contribution >= 0.6 is 0 Å². The monoisotopic (exact) mass is 293 g/mol. The van der Waals surface area contributed by atoms with Gasteiger partial charge in [-0.25, -0.2) is 0 Å². The largest absolute Gasteiger partial charge is 0.497 e. The lowest BCUT2D eigenvalue weighted by Crippen LogP contribution is -2.25. The van der Waals surface area contributed by atoms with Gasteiger partial charge in [0.25, 0.3) is 0 Å². The van der Waals surface area contributed by atoms with Crippen molar-refractivity contribution in [2.24, 2.45) is 5.92 Å². The van der Waals surface area contributed by atoms with Gasteiger partial charge < -0.3 is 14.8 Å². The fourth-order valence-electron chi connectivity index (χ4n) is 2.32. The normalized spacial score (nSPS) is 12.3. The Morgan fingerprint density at radius 3 is 2.48 bits per heavy atom. The van der Waals surface area contributed by atoms with Crippen molar-refractivity contribution in [3.63, 3.8) is 0 Å². The van der Waals surface area contributed by atoms with E-state index in [-0.39, 0.29) is 0 Å². The molecule has 120 valence electrons. The maximum absolute atomic E-state index is 5.71. The van der Waals surface area contributed by atoms with Crippen LogP contribution in [-0.2, 0) is 11.2 Å². The Labute approximate surface area is 130 Å². The van der Waals surface area contributed by atoms with Crippen molar-refractivity contribution in [3.05, 3.63) is 29.8 Å². The quantitative estimate of drug-likeness (QED) is 0.596. The van der Waals surface area contributed by atoms with Crippen molar-refractivity contribution >= 4 is 0 Å². The van der Waals surface area contributed by atoms with E-state index >= 15 is 0 Å². The summed E-state index contributed by atoms with van der Waals surface area (Å²) in [5.41, 5.74) is 1.37. The summed E-state index contributed by atoms with van der Waals surface area (Å²) < 4.78 is 10.9. The van der Waals surface area contributed by atoms with Gasteiger partial charge in [-0.2, -0.15) is 0 Å². The topological polar surface area (TPSA) is 30.5 Å². The van der Waals surface area contributed by atoms with Gasteiger partial charge in [0.05, 0.1) is 7.11 Å². The summed E-state index contributed by atoms with van der Waals surface area (Å²) in [6.07, 6.45) is 4.57. The Morgan fingerprint density at radius 1 is 1.10 bits per heavy atom. The molecule has 21 heavy (non-hydrogen) atoms. The second-order valence-corrected chi connectivity index (χ2v) is 5.48. The summed E-state index contributed by atoms with van der Waals surface area (Å²) in [5.74, 6) is 1.55. The van der Waals surface area contributed by atoms with Crippen LogP contribution in [0.1, 0.15) is 38.7 Å². The molecule has 0 aliphatic heterocycles. The highest BCUT2D eigenvalue weighted by Crippen LogP contribution is 2.16. The van der Waals surface area contributed by atoms with Crippen LogP contribution < -0.4 is 10.1 Å². The van der Waals surface area contributed by atoms with E-state index in [4.69, 9.17) is 9.47 Å². The molecule has 0 aromatic heterocycles. The molecule has 0 heterocycles. The lowest BCUT2D eigenvalue weighted by molar-refractivity contribution is 0.117. The molecule has 3 heteroatoms. The second-order valence-electron chi connectivity index (χ2n) is 5.48. The van der Waals surface area contributed by atoms with Gasteiger partial charge in [0, 0.05) is 13.2 Å². The average Bonchev–Trinajstić information content (AvgIpc) is 2.52. The first-order valence-electron chi connectivity index (χ1n) is 8.21. The molecule has 0 radical (unpaired) electrons. The van der Waals surface area contributed by atoms with Crippen molar-refractivity contribution in [1.82, 2.24) is 5.32 Å². The van der Waals surface area contributed by atoms with Crippen molar-refractivity contribution in [1.29, 1.82) is 0 Å². The van der Waals surface area contributed by atoms with Gasteiger partial charge in [-0.3, -0.25) is 0 Å². The molecular weight excluding hydrogens is 262 g/mol. The SMILES string of the molecule is CCCCOCCC(CNCC)Cc1ccc(OC)cc1. The molecule has 1 aromatic carbocycles. The number of unbranched alkanes of at least 4 members (excludes halogenated alkanes) is 1. The highest BCUT2D eigenvalue weighted by Gasteiger charge is 2.09. The van der Waals surface area contributed by atoms with Crippen molar-refractivity contribution in [2.75, 3.05) is 33.4 Å². The number of rotatable bonds is 12. The molecule has 1 atom stereocenters. The molecule has 0 aliphatic rings. The molecule has 0 fully saturated rings. The van der Waals surface area contributed by atoms with Crippen LogP contribution in [0.2, 0.25) is 0 Å². The molecule has 0 saturated carbocycles. The third kappa shape index (κ3) is 8.08. The number of hydrogen-bond donors (Lipinski definition) is 1. The second kappa shape index (κ2) is 11.6. The Morgan fingerprint density at radius 2 is 1.86 bits per heavy atom. The molecule has 1 aromatic rings. The van der Waals surface area contributed by atoms with E-state index in [0.29, 0.717) is 5.92 Å². The molecule has 1 unspecified atom stereocenters. The molecule has 1 N–H and O–H groups in total. The van der Waals surface area contributed by atoms with Crippen LogP contribution in [-0.4, -0.2) is 33.4 Å². The minimum Gasteiger partial charge on any atom is -0.497 e. The zero-order valence-electron chi connectivity index (χ0n) is 13.9. The minimum absolute atomic E-state index is 0.625. The van der Waals surface area contributed by atoms with Gasteiger partial charge in [0.1, 0.15) is 5.75 Å². The summed E-state index contributed by atoms with van der Waals surface area (Å²) in [6.45, 7) is 8.19. The Bertz CT molecular complexity index is 351. The molecule has 0 aliphatic carbocycles. The number of methoxy groups -OCH3 is 1. The fraction of sp³-hybridized carbons (Fsp3) is 0.667. The number of hydrogen-bond acceptors (Lipinski definition) is 3. The van der Waals surface area contributed by atoms with Crippen molar-refractivity contribution in [3.8, 4) is 5.75 Å². The van der Waals surface area contributed by atoms with Crippen LogP contribution in [0.25, 0.3) is 0 Å². The summed E-state index contributed by atoms with van der Waals surface area (Å²) in [6, 6.07) is 8.40. The third-order valence-electron chi connectivity index (χ3n) is 3.68. The first kappa shape index (κ1) is 18.0. The maximum Gasteiger partial charge on any atom is 0.118 e. The summed E-state index contributed by atoms with van der Waals surface area (Å²) in [7, 11) is 1.70. The van der Waals surface area contributed by atoms with Crippen LogP contribution in [0.3, 0.4) is 0 Å². The van der Waals surface area contributed by atoms with E-state index in [1.54, 1.807) is 7.11 Å². The molecule has 0 bridgehead atoms. The highest BCUT2D eigenvalue weighted by molar-refractivity contribution is 5.27. The van der Waals surface area contributed by atoms with Crippen LogP contribution in [0.15, 0.2) is 24.3 Å². The summed E-state index contributed by atoms with van der Waals surface area (Å²) >= 11 is 0. The van der Waals surface area contributed by atoms with E-state index in [2.05, 4.69) is 31.3 Å². The smallest absolute Gasteiger partial charge is 0.118 e. The van der Waals surface area contributed by atoms with Crippen molar-refractivity contribution < 1.29 is 9.47 Å². The van der Waals surface area contributed by atoms with Gasteiger partial charge in [-0.15, -0.1) is 0 Å². The van der Waals surface area contributed by atoms with E-state index in [0.717, 1.165) is 51.3 Å². The Balaban J connectivity index is 2.40. The van der Waals surface area contributed by atoms with Crippen molar-refractivity contribution in [2.45, 2.75) is 39.5 Å². The predicted molar refractivity (Wildman–Crippen MR) is 89.1 cm³/mol. The number of benzene rings is 1. The van der Waals surface area contributed by atoms with Crippen LogP contribution in [0, 0.1) is 5.92 Å². The first-order valence-corrected chi connectivity index (χ1v) is 8.21. The van der Waals surface area contributed by atoms with Gasteiger partial charge in [0.15, 0.2) is 0 Å². The molecule has 0 amide bonds. The van der Waals surface area contributed by atoms with E-state index < -0.39 is 0 Å². The van der Waals surface area contributed by atoms with Gasteiger partial charge in [-0.05, 0) is 56.0 Å². The fourth-order valence-corrected chi connectivity index (χ4v) is 2.32. The maximum atomic E-state index is 5.71. The lowest BCUT2D eigenvalue weighted by atomic mass is 9.96. The van der Waals surface area contributed by atoms with Gasteiger partial charge in [-0.1, -0.05) is 32.4 Å². The number of ether oxygens (including phenoxy) is 2. The lowest BCUT2D eigenvalue weighted by Gasteiger charge is -2.17. The summed E-state index contributed by atoms with van der Waals surface area (Å²) in [4.78, 5) is 0. The van der Waals surface area contributed by atoms with Crippen LogP contribution in [0.4, 0.5) is 0 Å². The highest BCUT2D eigenvalue weighted by atomic mass is 16.5. The van der Waals surface area contributed by atoms with Gasteiger partial charge in [0.2, 0.25) is 0 Å². The number of nitrogens with one attached hydrogen (secondary N) is 1. The van der Waals surface area contributed by atoms with E-state index in [1.807, 2.05) is 12.1 Å². The molecule has 3 nitrogen and oxygen atoms in total. The molecule has 0 saturated heterocycles. The van der Waals surface area contributed by atoms with E-state index in [1.165, 1.54) is 12.0 Å². The summed E-state index contributed by atoms with van der Waals surface area (Å²) in [5, 5.41) is 3.46. The predicted octanol–water partition coefficient (Wildman–Crippen LogP) is 3.67. The molecule has 1 rings (SSSR count). The molecule has 0 spiro atoms. The van der Waals surface area contributed by atoms with Gasteiger partial charge >= 0.3 is 0 Å². The standard InChI is InChI=1S/C18H31NO2/c1-4-6-12-21-13-11-17(15-19-5-2)14-16-7-9-18(20-3)10-8-16/h7-10,17,19H,4-6,11-15H2,1-3H3. The first-order chi connectivity index (χ1) is 10.3. The zero-order chi connectivity index (χ0) is 15.3.